The molecule has 3 N–H and O–H groups in total. The third-order valence-corrected chi connectivity index (χ3v) is 3.84. The minimum absolute atomic E-state index is 0.141. The van der Waals surface area contributed by atoms with Crippen LogP contribution < -0.4 is 11.3 Å². The lowest BCUT2D eigenvalue weighted by Gasteiger charge is -2.21. The van der Waals surface area contributed by atoms with E-state index < -0.39 is 9.84 Å². The molecular formula is C8H18N2O2S. The highest BCUT2D eigenvalue weighted by atomic mass is 32.2. The number of rotatable bonds is 5. The van der Waals surface area contributed by atoms with E-state index >= 15 is 0 Å². The molecule has 4 nitrogen and oxygen atoms in total. The van der Waals surface area contributed by atoms with Gasteiger partial charge in [-0.05, 0) is 24.7 Å². The zero-order chi connectivity index (χ0) is 10.1. The summed E-state index contributed by atoms with van der Waals surface area (Å²) < 4.78 is 21.9. The number of nitrogens with two attached hydrogens (primary N) is 1. The van der Waals surface area contributed by atoms with Crippen molar-refractivity contribution in [2.75, 3.05) is 12.0 Å². The lowest BCUT2D eigenvalue weighted by Crippen LogP contribution is -2.42. The average Bonchev–Trinajstić information content (AvgIpc) is 2.67. The van der Waals surface area contributed by atoms with E-state index in [9.17, 15) is 8.42 Å². The van der Waals surface area contributed by atoms with Gasteiger partial charge in [0, 0.05) is 12.3 Å². The Hall–Kier alpha value is -0.130. The van der Waals surface area contributed by atoms with Gasteiger partial charge in [0.15, 0.2) is 0 Å². The second kappa shape index (κ2) is 3.55. The topological polar surface area (TPSA) is 72.2 Å². The van der Waals surface area contributed by atoms with E-state index in [1.807, 2.05) is 0 Å². The van der Waals surface area contributed by atoms with Crippen molar-refractivity contribution in [2.45, 2.75) is 32.2 Å². The van der Waals surface area contributed by atoms with Gasteiger partial charge in [0.05, 0.1) is 5.75 Å². The van der Waals surface area contributed by atoms with Crippen LogP contribution in [0.2, 0.25) is 0 Å². The standard InChI is InChI=1S/C8H18N2O2S/c1-8(4-5-8)7(10-9)3-6-13(2,11)12/h7,10H,3-6,9H2,1-2H3. The highest BCUT2D eigenvalue weighted by Crippen LogP contribution is 2.48. The van der Waals surface area contributed by atoms with Crippen molar-refractivity contribution in [3.8, 4) is 0 Å². The first-order chi connectivity index (χ1) is 5.87. The van der Waals surface area contributed by atoms with Crippen molar-refractivity contribution in [1.29, 1.82) is 0 Å². The van der Waals surface area contributed by atoms with E-state index in [0.29, 0.717) is 6.42 Å². The van der Waals surface area contributed by atoms with Crippen LogP contribution in [-0.4, -0.2) is 26.5 Å². The molecule has 0 amide bonds. The number of hydrazine groups is 1. The van der Waals surface area contributed by atoms with E-state index in [1.54, 1.807) is 0 Å². The fraction of sp³-hybridized carbons (Fsp3) is 1.00. The molecule has 5 heteroatoms. The molecule has 1 aliphatic rings. The predicted molar refractivity (Wildman–Crippen MR) is 52.8 cm³/mol. The summed E-state index contributed by atoms with van der Waals surface area (Å²) in [7, 11) is -2.86. The third-order valence-electron chi connectivity index (χ3n) is 2.86. The predicted octanol–water partition coefficient (Wildman–Crippen LogP) is 0.0531. The first-order valence-corrected chi connectivity index (χ1v) is 6.57. The highest BCUT2D eigenvalue weighted by Gasteiger charge is 2.44. The summed E-state index contributed by atoms with van der Waals surface area (Å²) >= 11 is 0. The zero-order valence-corrected chi connectivity index (χ0v) is 9.02. The van der Waals surface area contributed by atoms with Crippen molar-refractivity contribution in [3.05, 3.63) is 0 Å². The number of hydrogen-bond donors (Lipinski definition) is 2. The molecule has 0 aromatic rings. The summed E-state index contributed by atoms with van der Waals surface area (Å²) in [6.45, 7) is 2.14. The largest absolute Gasteiger partial charge is 0.271 e. The third kappa shape index (κ3) is 3.25. The van der Waals surface area contributed by atoms with E-state index in [0.717, 1.165) is 12.8 Å². The van der Waals surface area contributed by atoms with Gasteiger partial charge >= 0.3 is 0 Å². The summed E-state index contributed by atoms with van der Waals surface area (Å²) in [6.07, 6.45) is 4.17. The Labute approximate surface area is 79.8 Å². The van der Waals surface area contributed by atoms with E-state index in [1.165, 1.54) is 6.26 Å². The van der Waals surface area contributed by atoms with Crippen molar-refractivity contribution >= 4 is 9.84 Å². The van der Waals surface area contributed by atoms with Gasteiger partial charge in [-0.15, -0.1) is 0 Å². The maximum Gasteiger partial charge on any atom is 0.147 e. The molecular weight excluding hydrogens is 188 g/mol. The van der Waals surface area contributed by atoms with Gasteiger partial charge in [-0.2, -0.15) is 0 Å². The smallest absolute Gasteiger partial charge is 0.147 e. The minimum Gasteiger partial charge on any atom is -0.271 e. The van der Waals surface area contributed by atoms with Crippen LogP contribution in [0.5, 0.6) is 0 Å². The molecule has 0 saturated heterocycles. The maximum absolute atomic E-state index is 10.9. The maximum atomic E-state index is 10.9. The van der Waals surface area contributed by atoms with Gasteiger partial charge < -0.3 is 0 Å². The van der Waals surface area contributed by atoms with Crippen LogP contribution in [0, 0.1) is 5.41 Å². The lowest BCUT2D eigenvalue weighted by atomic mass is 9.97. The molecule has 0 aromatic carbocycles. The first-order valence-electron chi connectivity index (χ1n) is 4.51. The molecule has 0 spiro atoms. The average molecular weight is 206 g/mol. The van der Waals surface area contributed by atoms with Gasteiger partial charge in [0.25, 0.3) is 0 Å². The van der Waals surface area contributed by atoms with E-state index in [-0.39, 0.29) is 17.2 Å². The van der Waals surface area contributed by atoms with Crippen LogP contribution in [0.4, 0.5) is 0 Å². The molecule has 0 aromatic heterocycles. The highest BCUT2D eigenvalue weighted by molar-refractivity contribution is 7.90. The van der Waals surface area contributed by atoms with Gasteiger partial charge in [0.1, 0.15) is 9.84 Å². The summed E-state index contributed by atoms with van der Waals surface area (Å²) in [5.74, 6) is 5.60. The molecule has 13 heavy (non-hydrogen) atoms. The normalized spacial score (nSPS) is 22.7. The summed E-state index contributed by atoms with van der Waals surface area (Å²) in [6, 6.07) is 0.141. The zero-order valence-electron chi connectivity index (χ0n) is 8.21. The van der Waals surface area contributed by atoms with Crippen LogP contribution in [0.1, 0.15) is 26.2 Å². The van der Waals surface area contributed by atoms with Gasteiger partial charge in [-0.3, -0.25) is 11.3 Å². The Morgan fingerprint density at radius 3 is 2.38 bits per heavy atom. The number of sulfone groups is 1. The molecule has 0 bridgehead atoms. The van der Waals surface area contributed by atoms with Crippen molar-refractivity contribution in [1.82, 2.24) is 5.43 Å². The van der Waals surface area contributed by atoms with E-state index in [2.05, 4.69) is 12.3 Å². The van der Waals surface area contributed by atoms with Crippen LogP contribution in [-0.2, 0) is 9.84 Å². The molecule has 0 aliphatic heterocycles. The molecule has 1 saturated carbocycles. The van der Waals surface area contributed by atoms with Crippen molar-refractivity contribution in [2.24, 2.45) is 11.3 Å². The molecule has 1 aliphatic carbocycles. The Bertz CT molecular complexity index is 270. The molecule has 0 heterocycles. The summed E-state index contributed by atoms with van der Waals surface area (Å²) in [5, 5.41) is 0. The second-order valence-corrected chi connectivity index (χ2v) is 6.55. The monoisotopic (exact) mass is 206 g/mol. The Morgan fingerprint density at radius 2 is 2.08 bits per heavy atom. The molecule has 1 rings (SSSR count). The Kier molecular flexibility index (Phi) is 2.99. The fourth-order valence-electron chi connectivity index (χ4n) is 1.51. The first kappa shape index (κ1) is 10.9. The minimum atomic E-state index is -2.86. The SMILES string of the molecule is CC1(C(CCS(C)(=O)=O)NN)CC1. The lowest BCUT2D eigenvalue weighted by molar-refractivity contribution is 0.352. The van der Waals surface area contributed by atoms with Crippen LogP contribution >= 0.6 is 0 Å². The molecule has 1 fully saturated rings. The number of nitrogens with one attached hydrogen (secondary N) is 1. The number of hydrogen-bond acceptors (Lipinski definition) is 4. The fourth-order valence-corrected chi connectivity index (χ4v) is 2.17. The molecule has 1 atom stereocenters. The Balaban J connectivity index is 2.42. The van der Waals surface area contributed by atoms with Gasteiger partial charge in [-0.1, -0.05) is 6.92 Å². The van der Waals surface area contributed by atoms with Crippen LogP contribution in [0.3, 0.4) is 0 Å². The Morgan fingerprint density at radius 1 is 1.54 bits per heavy atom. The summed E-state index contributed by atoms with van der Waals surface area (Å²) in [4.78, 5) is 0. The molecule has 1 unspecified atom stereocenters. The van der Waals surface area contributed by atoms with Gasteiger partial charge in [-0.25, -0.2) is 8.42 Å². The quantitative estimate of drug-likeness (QED) is 0.492. The van der Waals surface area contributed by atoms with Crippen molar-refractivity contribution < 1.29 is 8.42 Å². The van der Waals surface area contributed by atoms with E-state index in [4.69, 9.17) is 5.84 Å². The second-order valence-electron chi connectivity index (χ2n) is 4.29. The van der Waals surface area contributed by atoms with Crippen molar-refractivity contribution in [3.63, 3.8) is 0 Å². The van der Waals surface area contributed by atoms with Crippen LogP contribution in [0.15, 0.2) is 0 Å². The molecule has 0 radical (unpaired) electrons. The van der Waals surface area contributed by atoms with Crippen LogP contribution in [0.25, 0.3) is 0 Å². The molecule has 78 valence electrons. The van der Waals surface area contributed by atoms with Gasteiger partial charge in [0.2, 0.25) is 0 Å². The summed E-state index contributed by atoms with van der Waals surface area (Å²) in [5.41, 5.74) is 2.95.